The van der Waals surface area contributed by atoms with Crippen molar-refractivity contribution in [2.75, 3.05) is 60.1 Å². The second-order valence-corrected chi connectivity index (χ2v) is 17.7. The van der Waals surface area contributed by atoms with E-state index in [2.05, 4.69) is 26.8 Å². The molecule has 0 amide bonds. The lowest BCUT2D eigenvalue weighted by Crippen LogP contribution is -2.45. The molecular weight excluding hydrogens is 916 g/mol. The average molecular weight is 971 g/mol. The molecule has 1 saturated heterocycles. The van der Waals surface area contributed by atoms with Crippen LogP contribution in [0.15, 0.2) is 104 Å². The molecule has 15 nitrogen and oxygen atoms in total. The summed E-state index contributed by atoms with van der Waals surface area (Å²) < 4.78 is 55.3. The van der Waals surface area contributed by atoms with Crippen molar-refractivity contribution >= 4 is 33.7 Å². The number of hydrogen-bond donors (Lipinski definition) is 0. The molecule has 0 saturated carbocycles. The number of esters is 1. The van der Waals surface area contributed by atoms with Gasteiger partial charge in [0, 0.05) is 62.7 Å². The molecule has 0 aliphatic carbocycles. The van der Waals surface area contributed by atoms with Crippen LogP contribution in [0.4, 0.5) is 9.18 Å². The van der Waals surface area contributed by atoms with Crippen molar-refractivity contribution in [3.63, 3.8) is 0 Å². The van der Waals surface area contributed by atoms with Gasteiger partial charge in [0.25, 0.3) is 0 Å². The van der Waals surface area contributed by atoms with Gasteiger partial charge in [0.1, 0.15) is 47.4 Å². The third-order valence-electron chi connectivity index (χ3n) is 11.7. The number of benzene rings is 4. The van der Waals surface area contributed by atoms with Crippen LogP contribution >= 0.6 is 11.3 Å². The van der Waals surface area contributed by atoms with Crippen molar-refractivity contribution in [1.82, 2.24) is 29.7 Å². The van der Waals surface area contributed by atoms with E-state index < -0.39 is 24.5 Å². The van der Waals surface area contributed by atoms with Crippen LogP contribution in [0.3, 0.4) is 0 Å². The number of thiophene rings is 1. The SMILES string of the molecule is CCOC(=O)OC(C)OC(=O)[C@@H](Cc1ccccc1OCc1ccnc(-c2ccccc2OC)n1)Oc1ncnc2sc(-c3ccc(F)cc3)c(-c3c(C)cc(OCCN4CCN(C)CC4)cc3C)c12. The van der Waals surface area contributed by atoms with Gasteiger partial charge < -0.3 is 38.1 Å². The minimum Gasteiger partial charge on any atom is -0.496 e. The first-order valence-corrected chi connectivity index (χ1v) is 23.8. The molecule has 7 aromatic rings. The smallest absolute Gasteiger partial charge is 0.496 e. The molecule has 17 heteroatoms. The zero-order chi connectivity index (χ0) is 49.1. The molecule has 0 radical (unpaired) electrons. The number of fused-ring (bicyclic) bond motifs is 1. The van der Waals surface area contributed by atoms with Crippen molar-refractivity contribution in [1.29, 1.82) is 0 Å². The summed E-state index contributed by atoms with van der Waals surface area (Å²) in [5, 5.41) is 0.537. The lowest BCUT2D eigenvalue weighted by atomic mass is 9.92. The first-order chi connectivity index (χ1) is 34.0. The maximum Gasteiger partial charge on any atom is 0.511 e. The minimum atomic E-state index is -1.37. The van der Waals surface area contributed by atoms with E-state index in [1.165, 1.54) is 36.7 Å². The third kappa shape index (κ3) is 12.0. The maximum absolute atomic E-state index is 14.4. The number of piperazine rings is 1. The Balaban J connectivity index is 1.14. The van der Waals surface area contributed by atoms with Crippen LogP contribution < -0.4 is 18.9 Å². The van der Waals surface area contributed by atoms with Crippen LogP contribution in [0.1, 0.15) is 36.2 Å². The predicted octanol–water partition coefficient (Wildman–Crippen LogP) is 9.50. The maximum atomic E-state index is 14.4. The van der Waals surface area contributed by atoms with Gasteiger partial charge in [-0.1, -0.05) is 42.5 Å². The summed E-state index contributed by atoms with van der Waals surface area (Å²) in [5.41, 5.74) is 6.13. The third-order valence-corrected chi connectivity index (χ3v) is 12.9. The Morgan fingerprint density at radius 3 is 2.31 bits per heavy atom. The fraction of sp³-hybridized carbons (Fsp3) is 0.321. The van der Waals surface area contributed by atoms with Gasteiger partial charge >= 0.3 is 12.1 Å². The number of rotatable bonds is 19. The molecule has 4 heterocycles. The van der Waals surface area contributed by atoms with Crippen LogP contribution in [0.5, 0.6) is 23.1 Å². The summed E-state index contributed by atoms with van der Waals surface area (Å²) in [7, 11) is 3.73. The number of carbonyl (C=O) groups excluding carboxylic acids is 2. The second kappa shape index (κ2) is 22.9. The van der Waals surface area contributed by atoms with Crippen molar-refractivity contribution in [3.8, 4) is 56.1 Å². The molecule has 1 aliphatic heterocycles. The number of methoxy groups -OCH3 is 1. The molecule has 0 spiro atoms. The number of likely N-dealkylation sites (N-methyl/N-ethyl adjacent to an activating group) is 1. The highest BCUT2D eigenvalue weighted by Crippen LogP contribution is 2.49. The summed E-state index contributed by atoms with van der Waals surface area (Å²) in [5.74, 6) is 1.17. The van der Waals surface area contributed by atoms with E-state index in [-0.39, 0.29) is 31.3 Å². The molecular formula is C53H55FN6O9S. The van der Waals surface area contributed by atoms with E-state index >= 15 is 0 Å². The van der Waals surface area contributed by atoms with E-state index in [1.54, 1.807) is 44.5 Å². The van der Waals surface area contributed by atoms with Crippen molar-refractivity contribution in [3.05, 3.63) is 132 Å². The van der Waals surface area contributed by atoms with Gasteiger partial charge in [-0.3, -0.25) is 4.90 Å². The lowest BCUT2D eigenvalue weighted by Gasteiger charge is -2.32. The Labute approximate surface area is 410 Å². The number of ether oxygens (including phenoxy) is 7. The van der Waals surface area contributed by atoms with Crippen LogP contribution in [-0.4, -0.2) is 114 Å². The number of aromatic nitrogens is 4. The minimum absolute atomic E-state index is 0.0641. The highest BCUT2D eigenvalue weighted by Gasteiger charge is 2.31. The van der Waals surface area contributed by atoms with E-state index in [4.69, 9.17) is 43.1 Å². The molecule has 1 aliphatic rings. The molecule has 0 N–H and O–H groups in total. The molecule has 3 aromatic heterocycles. The lowest BCUT2D eigenvalue weighted by molar-refractivity contribution is -0.176. The standard InChI is InChI=1S/C53H55FN6O9S/c1-7-64-53(62)68-35(4)67-52(61)44(30-37-12-8-10-14-42(37)66-31-39-20-21-55-49(58-39)41-13-9-11-15-43(41)63-6)69-50-47-46(48(70-51(47)57-32-56-50)36-16-18-38(54)19-17-36)45-33(2)28-40(29-34(45)3)65-27-26-60-24-22-59(5)23-25-60/h8-21,28-29,32,35,44H,7,22-27,30-31H2,1-6H3/t35?,44-/m1/s1. The van der Waals surface area contributed by atoms with Crippen molar-refractivity contribution < 1.29 is 47.1 Å². The van der Waals surface area contributed by atoms with Crippen LogP contribution in [-0.2, 0) is 32.0 Å². The highest BCUT2D eigenvalue weighted by atomic mass is 32.1. The number of carbonyl (C=O) groups is 2. The molecule has 70 heavy (non-hydrogen) atoms. The largest absolute Gasteiger partial charge is 0.511 e. The summed E-state index contributed by atoms with van der Waals surface area (Å²) in [6, 6.07) is 26.8. The van der Waals surface area contributed by atoms with Gasteiger partial charge in [0.2, 0.25) is 18.3 Å². The molecule has 8 rings (SSSR count). The number of halogens is 1. The van der Waals surface area contributed by atoms with Gasteiger partial charge in [-0.25, -0.2) is 33.9 Å². The predicted molar refractivity (Wildman–Crippen MR) is 264 cm³/mol. The Hall–Kier alpha value is -7.21. The quantitative estimate of drug-likeness (QED) is 0.0557. The van der Waals surface area contributed by atoms with E-state index in [0.717, 1.165) is 76.7 Å². The fourth-order valence-electron chi connectivity index (χ4n) is 8.26. The first kappa shape index (κ1) is 49.2. The van der Waals surface area contributed by atoms with E-state index in [0.29, 0.717) is 45.4 Å². The zero-order valence-corrected chi connectivity index (χ0v) is 40.8. The molecule has 1 unspecified atom stereocenters. The number of para-hydroxylation sites is 2. The van der Waals surface area contributed by atoms with E-state index in [1.807, 2.05) is 68.4 Å². The molecule has 1 fully saturated rings. The topological polar surface area (TPSA) is 157 Å². The summed E-state index contributed by atoms with van der Waals surface area (Å²) in [4.78, 5) is 51.3. The normalized spacial score (nSPS) is 13.9. The molecule has 364 valence electrons. The Morgan fingerprint density at radius 2 is 1.57 bits per heavy atom. The fourth-order valence-corrected chi connectivity index (χ4v) is 9.41. The van der Waals surface area contributed by atoms with Crippen LogP contribution in [0, 0.1) is 19.7 Å². The van der Waals surface area contributed by atoms with Crippen molar-refractivity contribution in [2.24, 2.45) is 0 Å². The van der Waals surface area contributed by atoms with E-state index in [9.17, 15) is 14.0 Å². The number of aryl methyl sites for hydroxylation is 2. The van der Waals surface area contributed by atoms with Gasteiger partial charge in [-0.2, -0.15) is 0 Å². The summed E-state index contributed by atoms with van der Waals surface area (Å²) >= 11 is 1.39. The second-order valence-electron chi connectivity index (χ2n) is 16.7. The average Bonchev–Trinajstić information content (AvgIpc) is 3.74. The monoisotopic (exact) mass is 970 g/mol. The Kier molecular flexibility index (Phi) is 16.1. The molecule has 4 aromatic carbocycles. The summed E-state index contributed by atoms with van der Waals surface area (Å²) in [6.45, 7) is 12.6. The van der Waals surface area contributed by atoms with Gasteiger partial charge in [-0.05, 0) is 104 Å². The van der Waals surface area contributed by atoms with Crippen LogP contribution in [0.25, 0.3) is 43.2 Å². The first-order valence-electron chi connectivity index (χ1n) is 23.0. The molecule has 0 bridgehead atoms. The zero-order valence-electron chi connectivity index (χ0n) is 40.0. The molecule has 2 atom stereocenters. The Bertz CT molecular complexity index is 2910. The Morgan fingerprint density at radius 1 is 0.843 bits per heavy atom. The van der Waals surface area contributed by atoms with Gasteiger partial charge in [0.15, 0.2) is 5.82 Å². The van der Waals surface area contributed by atoms with Gasteiger partial charge in [-0.15, -0.1) is 11.3 Å². The van der Waals surface area contributed by atoms with Crippen LogP contribution in [0.2, 0.25) is 0 Å². The number of hydrogen-bond acceptors (Lipinski definition) is 16. The van der Waals surface area contributed by atoms with Crippen molar-refractivity contribution in [2.45, 2.75) is 53.1 Å². The summed E-state index contributed by atoms with van der Waals surface area (Å²) in [6.07, 6.45) is -0.736. The van der Waals surface area contributed by atoms with Gasteiger partial charge in [0.05, 0.1) is 30.4 Å². The number of nitrogens with zero attached hydrogens (tertiary/aromatic N) is 6. The highest BCUT2D eigenvalue weighted by molar-refractivity contribution is 7.22.